The van der Waals surface area contributed by atoms with E-state index in [0.29, 0.717) is 5.69 Å². The molecule has 5 heteroatoms. The lowest BCUT2D eigenvalue weighted by atomic mass is 10.0. The summed E-state index contributed by atoms with van der Waals surface area (Å²) in [7, 11) is 0. The van der Waals surface area contributed by atoms with E-state index in [1.165, 1.54) is 11.0 Å². The number of hydrogen-bond acceptors (Lipinski definition) is 3. The highest BCUT2D eigenvalue weighted by atomic mass is 79.9. The Morgan fingerprint density at radius 2 is 1.76 bits per heavy atom. The van der Waals surface area contributed by atoms with Gasteiger partial charge in [0.2, 0.25) is 11.8 Å². The van der Waals surface area contributed by atoms with Crippen LogP contribution in [0.1, 0.15) is 18.4 Å². The third-order valence-electron chi connectivity index (χ3n) is 4.03. The lowest BCUT2D eigenvalue weighted by Gasteiger charge is -2.14. The van der Waals surface area contributed by atoms with Crippen LogP contribution in [0.5, 0.6) is 0 Å². The first-order valence-electron chi connectivity index (χ1n) is 7.93. The number of nitrogens with zero attached hydrogens (tertiary/aromatic N) is 1. The fraction of sp³-hybridized carbons (Fsp3) is 0.150. The number of anilines is 1. The predicted octanol–water partition coefficient (Wildman–Crippen LogP) is 4.00. The van der Waals surface area contributed by atoms with Gasteiger partial charge in [-0.3, -0.25) is 19.3 Å². The van der Waals surface area contributed by atoms with E-state index >= 15 is 0 Å². The van der Waals surface area contributed by atoms with E-state index < -0.39 is 5.92 Å². The molecule has 126 valence electrons. The molecule has 1 atom stereocenters. The van der Waals surface area contributed by atoms with Crippen LogP contribution in [0.3, 0.4) is 0 Å². The second-order valence-electron chi connectivity index (χ2n) is 5.86. The maximum Gasteiger partial charge on any atom is 0.237 e. The van der Waals surface area contributed by atoms with Gasteiger partial charge >= 0.3 is 0 Å². The van der Waals surface area contributed by atoms with Crippen molar-refractivity contribution >= 4 is 45.3 Å². The van der Waals surface area contributed by atoms with Crippen molar-refractivity contribution in [3.05, 3.63) is 70.7 Å². The maximum absolute atomic E-state index is 12.5. The molecule has 0 aromatic heterocycles. The molecule has 1 heterocycles. The van der Waals surface area contributed by atoms with Crippen molar-refractivity contribution in [3.63, 3.8) is 0 Å². The van der Waals surface area contributed by atoms with Gasteiger partial charge in [0, 0.05) is 17.3 Å². The lowest BCUT2D eigenvalue weighted by molar-refractivity contribution is -0.124. The molecular formula is C20H16BrNO3. The molecular weight excluding hydrogens is 382 g/mol. The molecule has 1 fully saturated rings. The van der Waals surface area contributed by atoms with E-state index in [1.807, 2.05) is 30.3 Å². The summed E-state index contributed by atoms with van der Waals surface area (Å²) in [6.45, 7) is 0. The number of ketones is 1. The summed E-state index contributed by atoms with van der Waals surface area (Å²) >= 11 is 3.36. The van der Waals surface area contributed by atoms with E-state index in [4.69, 9.17) is 0 Å². The molecule has 1 aliphatic heterocycles. The number of hydrogen-bond donors (Lipinski definition) is 0. The standard InChI is InChI=1S/C20H16BrNO3/c21-16-9-6-14(7-10-16)8-11-18(23)12-15-13-19(24)22(20(15)25)17-4-2-1-3-5-17/h1-11,15H,12-13H2/b11-8+/t15-/m0/s1. The van der Waals surface area contributed by atoms with Crippen molar-refractivity contribution in [2.24, 2.45) is 5.92 Å². The number of imide groups is 1. The van der Waals surface area contributed by atoms with Crippen molar-refractivity contribution in [1.29, 1.82) is 0 Å². The van der Waals surface area contributed by atoms with Gasteiger partial charge in [-0.05, 0) is 35.9 Å². The third kappa shape index (κ3) is 4.12. The van der Waals surface area contributed by atoms with Gasteiger partial charge in [-0.15, -0.1) is 0 Å². The van der Waals surface area contributed by atoms with Gasteiger partial charge in [-0.25, -0.2) is 0 Å². The molecule has 0 N–H and O–H groups in total. The smallest absolute Gasteiger partial charge is 0.237 e. The van der Waals surface area contributed by atoms with Crippen LogP contribution in [0, 0.1) is 5.92 Å². The Balaban J connectivity index is 1.65. The SMILES string of the molecule is O=C(/C=C/c1ccc(Br)cc1)C[C@H]1CC(=O)N(c2ccccc2)C1=O. The Labute approximate surface area is 154 Å². The summed E-state index contributed by atoms with van der Waals surface area (Å²) < 4.78 is 0.965. The summed E-state index contributed by atoms with van der Waals surface area (Å²) in [5.41, 5.74) is 1.45. The second-order valence-corrected chi connectivity index (χ2v) is 6.77. The van der Waals surface area contributed by atoms with E-state index in [0.717, 1.165) is 10.0 Å². The largest absolute Gasteiger partial charge is 0.295 e. The van der Waals surface area contributed by atoms with Gasteiger partial charge in [0.1, 0.15) is 0 Å². The number of allylic oxidation sites excluding steroid dienone is 1. The van der Waals surface area contributed by atoms with Crippen molar-refractivity contribution in [2.45, 2.75) is 12.8 Å². The molecule has 0 aliphatic carbocycles. The summed E-state index contributed by atoms with van der Waals surface area (Å²) in [5.74, 6) is -1.31. The summed E-state index contributed by atoms with van der Waals surface area (Å²) in [6, 6.07) is 16.3. The highest BCUT2D eigenvalue weighted by molar-refractivity contribution is 9.10. The predicted molar refractivity (Wildman–Crippen MR) is 99.8 cm³/mol. The zero-order valence-corrected chi connectivity index (χ0v) is 15.0. The first-order valence-corrected chi connectivity index (χ1v) is 8.72. The Kier molecular flexibility index (Phi) is 5.24. The lowest BCUT2D eigenvalue weighted by Crippen LogP contribution is -2.30. The average Bonchev–Trinajstić information content (AvgIpc) is 2.89. The molecule has 1 saturated heterocycles. The molecule has 0 saturated carbocycles. The fourth-order valence-corrected chi connectivity index (χ4v) is 3.04. The van der Waals surface area contributed by atoms with Crippen molar-refractivity contribution < 1.29 is 14.4 Å². The number of carbonyl (C=O) groups excluding carboxylic acids is 3. The molecule has 2 amide bonds. The van der Waals surface area contributed by atoms with Crippen LogP contribution < -0.4 is 4.90 Å². The molecule has 3 rings (SSSR count). The molecule has 1 aliphatic rings. The van der Waals surface area contributed by atoms with Crippen molar-refractivity contribution in [2.75, 3.05) is 4.90 Å². The number of amides is 2. The zero-order valence-electron chi connectivity index (χ0n) is 13.4. The van der Waals surface area contributed by atoms with Crippen LogP contribution in [-0.4, -0.2) is 17.6 Å². The fourth-order valence-electron chi connectivity index (χ4n) is 2.78. The van der Waals surface area contributed by atoms with Gasteiger partial charge in [-0.1, -0.05) is 52.3 Å². The maximum atomic E-state index is 12.5. The molecule has 25 heavy (non-hydrogen) atoms. The molecule has 2 aromatic rings. The van der Waals surface area contributed by atoms with Crippen LogP contribution in [0.25, 0.3) is 6.08 Å². The molecule has 0 spiro atoms. The first-order chi connectivity index (χ1) is 12.0. The molecule has 0 unspecified atom stereocenters. The molecule has 4 nitrogen and oxygen atoms in total. The van der Waals surface area contributed by atoms with Crippen LogP contribution in [0.2, 0.25) is 0 Å². The van der Waals surface area contributed by atoms with Crippen LogP contribution >= 0.6 is 15.9 Å². The quantitative estimate of drug-likeness (QED) is 0.565. The zero-order chi connectivity index (χ0) is 17.8. The number of carbonyl (C=O) groups is 3. The minimum absolute atomic E-state index is 0.0426. The molecule has 0 radical (unpaired) electrons. The van der Waals surface area contributed by atoms with Crippen molar-refractivity contribution in [3.8, 4) is 0 Å². The number of para-hydroxylation sites is 1. The van der Waals surface area contributed by atoms with Gasteiger partial charge < -0.3 is 0 Å². The topological polar surface area (TPSA) is 54.5 Å². The second kappa shape index (κ2) is 7.57. The summed E-state index contributed by atoms with van der Waals surface area (Å²) in [6.07, 6.45) is 3.30. The molecule has 0 bridgehead atoms. The normalized spacial score (nSPS) is 17.5. The van der Waals surface area contributed by atoms with E-state index in [2.05, 4.69) is 15.9 Å². The third-order valence-corrected chi connectivity index (χ3v) is 4.56. The van der Waals surface area contributed by atoms with E-state index in [9.17, 15) is 14.4 Å². The van der Waals surface area contributed by atoms with Crippen LogP contribution in [0.4, 0.5) is 5.69 Å². The Hall–Kier alpha value is -2.53. The highest BCUT2D eigenvalue weighted by Crippen LogP contribution is 2.28. The number of rotatable bonds is 5. The van der Waals surface area contributed by atoms with Gasteiger partial charge in [0.25, 0.3) is 0 Å². The first kappa shape index (κ1) is 17.3. The average molecular weight is 398 g/mol. The van der Waals surface area contributed by atoms with Gasteiger partial charge in [0.05, 0.1) is 11.6 Å². The van der Waals surface area contributed by atoms with E-state index in [1.54, 1.807) is 30.3 Å². The van der Waals surface area contributed by atoms with Crippen molar-refractivity contribution in [1.82, 2.24) is 0 Å². The van der Waals surface area contributed by atoms with Crippen LogP contribution in [0.15, 0.2) is 65.1 Å². The number of benzene rings is 2. The molecule has 2 aromatic carbocycles. The number of halogens is 1. The minimum Gasteiger partial charge on any atom is -0.295 e. The Bertz CT molecular complexity index is 828. The Morgan fingerprint density at radius 1 is 1.08 bits per heavy atom. The summed E-state index contributed by atoms with van der Waals surface area (Å²) in [5, 5.41) is 0. The Morgan fingerprint density at radius 3 is 2.44 bits per heavy atom. The van der Waals surface area contributed by atoms with E-state index in [-0.39, 0.29) is 30.4 Å². The minimum atomic E-state index is -0.588. The monoisotopic (exact) mass is 397 g/mol. The summed E-state index contributed by atoms with van der Waals surface area (Å²) in [4.78, 5) is 38.0. The highest BCUT2D eigenvalue weighted by Gasteiger charge is 2.39. The van der Waals surface area contributed by atoms with Gasteiger partial charge in [-0.2, -0.15) is 0 Å². The van der Waals surface area contributed by atoms with Crippen LogP contribution in [-0.2, 0) is 14.4 Å². The van der Waals surface area contributed by atoms with Gasteiger partial charge in [0.15, 0.2) is 5.78 Å².